The summed E-state index contributed by atoms with van der Waals surface area (Å²) in [5, 5.41) is 5.35. The van der Waals surface area contributed by atoms with Crippen molar-refractivity contribution in [2.45, 2.75) is 13.0 Å². The molecule has 2 amide bonds. The average molecular weight is 494 g/mol. The number of rotatable bonds is 4. The molecule has 36 heavy (non-hydrogen) atoms. The highest BCUT2D eigenvalue weighted by Crippen LogP contribution is 2.42. The number of carbonyl (C=O) groups is 2. The predicted molar refractivity (Wildman–Crippen MR) is 136 cm³/mol. The largest absolute Gasteiger partial charge is 0.487 e. The number of carbonyl (C=O) groups excluding carboxylic acids is 2. The van der Waals surface area contributed by atoms with Gasteiger partial charge < -0.3 is 29.7 Å². The van der Waals surface area contributed by atoms with Crippen LogP contribution >= 0.6 is 0 Å². The number of aromatic nitrogens is 1. The molecule has 1 atom stereocenters. The van der Waals surface area contributed by atoms with Gasteiger partial charge in [-0.1, -0.05) is 0 Å². The molecule has 1 fully saturated rings. The van der Waals surface area contributed by atoms with E-state index in [0.29, 0.717) is 41.3 Å². The number of amides is 2. The lowest BCUT2D eigenvalue weighted by molar-refractivity contribution is 0.0962. The van der Waals surface area contributed by atoms with E-state index in [1.165, 1.54) is 19.3 Å². The van der Waals surface area contributed by atoms with Crippen molar-refractivity contribution >= 4 is 34.1 Å². The lowest BCUT2D eigenvalue weighted by Gasteiger charge is -2.37. The minimum atomic E-state index is -0.609. The third kappa shape index (κ3) is 4.07. The molecule has 0 bridgehead atoms. The van der Waals surface area contributed by atoms with Crippen molar-refractivity contribution in [1.29, 1.82) is 0 Å². The summed E-state index contributed by atoms with van der Waals surface area (Å²) < 4.78 is 23.3. The molecule has 0 radical (unpaired) electrons. The Balaban J connectivity index is 1.55. The van der Waals surface area contributed by atoms with Crippen LogP contribution in [-0.4, -0.2) is 68.2 Å². The van der Waals surface area contributed by atoms with E-state index in [0.717, 1.165) is 13.1 Å². The average Bonchev–Trinajstić information content (AvgIpc) is 2.88. The smallest absolute Gasteiger partial charge is 0.261 e. The summed E-state index contributed by atoms with van der Waals surface area (Å²) in [6.07, 6.45) is 1.53. The van der Waals surface area contributed by atoms with Crippen molar-refractivity contribution in [1.82, 2.24) is 14.8 Å². The lowest BCUT2D eigenvalue weighted by Crippen LogP contribution is -2.45. The molecule has 0 saturated carbocycles. The zero-order chi connectivity index (χ0) is 25.6. The predicted octanol–water partition coefficient (Wildman–Crippen LogP) is 2.46. The molecule has 5 rings (SSSR count). The molecule has 3 aromatic rings. The molecule has 0 unspecified atom stereocenters. The van der Waals surface area contributed by atoms with Crippen molar-refractivity contribution in [2.24, 2.45) is 0 Å². The van der Waals surface area contributed by atoms with E-state index in [2.05, 4.69) is 15.5 Å². The van der Waals surface area contributed by atoms with Crippen LogP contribution in [0.4, 0.5) is 15.8 Å². The quantitative estimate of drug-likeness (QED) is 0.580. The van der Waals surface area contributed by atoms with Crippen molar-refractivity contribution in [3.05, 3.63) is 63.7 Å². The number of nitrogens with one attached hydrogen (secondary N) is 2. The number of benzene rings is 2. The molecule has 0 aliphatic carbocycles. The first kappa shape index (κ1) is 23.8. The van der Waals surface area contributed by atoms with E-state index >= 15 is 4.39 Å². The van der Waals surface area contributed by atoms with Crippen LogP contribution in [-0.2, 0) is 0 Å². The van der Waals surface area contributed by atoms with Crippen LogP contribution in [0.15, 0.2) is 41.3 Å². The number of pyridine rings is 1. The van der Waals surface area contributed by atoms with Gasteiger partial charge in [0.25, 0.3) is 11.8 Å². The summed E-state index contributed by atoms with van der Waals surface area (Å²) in [7, 11) is 3.56. The summed E-state index contributed by atoms with van der Waals surface area (Å²) in [4.78, 5) is 42.4. The third-order valence-electron chi connectivity index (χ3n) is 6.84. The summed E-state index contributed by atoms with van der Waals surface area (Å²) >= 11 is 0. The number of anilines is 2. The zero-order valence-corrected chi connectivity index (χ0v) is 20.4. The number of ether oxygens (including phenoxy) is 1. The van der Waals surface area contributed by atoms with Gasteiger partial charge in [-0.05, 0) is 44.3 Å². The van der Waals surface area contributed by atoms with Gasteiger partial charge in [0.05, 0.1) is 16.9 Å². The van der Waals surface area contributed by atoms with E-state index < -0.39 is 17.2 Å². The highest BCUT2D eigenvalue weighted by molar-refractivity contribution is 6.07. The van der Waals surface area contributed by atoms with Gasteiger partial charge in [-0.2, -0.15) is 0 Å². The van der Waals surface area contributed by atoms with E-state index in [1.807, 2.05) is 23.4 Å². The van der Waals surface area contributed by atoms with Crippen LogP contribution in [0.3, 0.4) is 0 Å². The van der Waals surface area contributed by atoms with Crippen LogP contribution in [0.1, 0.15) is 33.7 Å². The molecule has 2 aliphatic rings. The van der Waals surface area contributed by atoms with Crippen molar-refractivity contribution < 1.29 is 18.7 Å². The summed E-state index contributed by atoms with van der Waals surface area (Å²) in [6.45, 7) is 5.09. The highest BCUT2D eigenvalue weighted by Gasteiger charge is 2.31. The maximum Gasteiger partial charge on any atom is 0.261 e. The lowest BCUT2D eigenvalue weighted by atomic mass is 10.0. The first-order valence-electron chi connectivity index (χ1n) is 11.9. The van der Waals surface area contributed by atoms with Crippen LogP contribution in [0, 0.1) is 5.82 Å². The van der Waals surface area contributed by atoms with E-state index in [1.54, 1.807) is 24.3 Å². The van der Waals surface area contributed by atoms with E-state index in [-0.39, 0.29) is 29.5 Å². The van der Waals surface area contributed by atoms with Gasteiger partial charge in [-0.3, -0.25) is 14.4 Å². The fourth-order valence-electron chi connectivity index (χ4n) is 4.75. The molecule has 9 nitrogen and oxygen atoms in total. The normalized spacial score (nSPS) is 17.6. The maximum atomic E-state index is 15.5. The summed E-state index contributed by atoms with van der Waals surface area (Å²) in [5.41, 5.74) is 1.08. The Labute approximate surface area is 207 Å². The summed E-state index contributed by atoms with van der Waals surface area (Å²) in [6, 6.07) is 7.38. The standard InChI is InChI=1S/C26H28FN5O4/c1-15-14-36-24-21-18(12-20(27)22(24)31-10-8-30(3)9-11-31)23(33)19(13-32(15)21)26(35)29-17-6-4-16(5-7-17)25(34)28-2/h4-7,12-13,15H,8-11,14H2,1-3H3,(H,28,34)(H,29,35)/t15-/m0/s1. The Kier molecular flexibility index (Phi) is 6.13. The molecule has 2 aliphatic heterocycles. The molecule has 2 N–H and O–H groups in total. The Morgan fingerprint density at radius 3 is 2.44 bits per heavy atom. The van der Waals surface area contributed by atoms with Crippen LogP contribution in [0.25, 0.3) is 10.9 Å². The maximum absolute atomic E-state index is 15.5. The Hall–Kier alpha value is -3.92. The molecule has 1 aromatic heterocycles. The van der Waals surface area contributed by atoms with Crippen molar-refractivity contribution in [3.63, 3.8) is 0 Å². The molecule has 0 spiro atoms. The Morgan fingerprint density at radius 2 is 1.78 bits per heavy atom. The zero-order valence-electron chi connectivity index (χ0n) is 20.4. The molecule has 10 heteroatoms. The molecule has 2 aromatic carbocycles. The minimum Gasteiger partial charge on any atom is -0.487 e. The van der Waals surface area contributed by atoms with Crippen molar-refractivity contribution in [3.8, 4) is 5.75 Å². The highest BCUT2D eigenvalue weighted by atomic mass is 19.1. The molecule has 1 saturated heterocycles. The van der Waals surface area contributed by atoms with Crippen LogP contribution in [0.5, 0.6) is 5.75 Å². The number of nitrogens with zero attached hydrogens (tertiary/aromatic N) is 3. The van der Waals surface area contributed by atoms with Gasteiger partial charge in [0.1, 0.15) is 17.9 Å². The van der Waals surface area contributed by atoms with Crippen molar-refractivity contribution in [2.75, 3.05) is 57.1 Å². The van der Waals surface area contributed by atoms with Gasteiger partial charge >= 0.3 is 0 Å². The minimum absolute atomic E-state index is 0.0932. The number of hydrogen-bond donors (Lipinski definition) is 2. The van der Waals surface area contributed by atoms with Gasteiger partial charge in [-0.25, -0.2) is 4.39 Å². The summed E-state index contributed by atoms with van der Waals surface area (Å²) in [5.74, 6) is -1.05. The fraction of sp³-hybridized carbons (Fsp3) is 0.346. The van der Waals surface area contributed by atoms with Gasteiger partial charge in [0.2, 0.25) is 5.43 Å². The first-order valence-corrected chi connectivity index (χ1v) is 11.9. The SMILES string of the molecule is CNC(=O)c1ccc(NC(=O)c2cn3c4c(c(N5CCN(C)CC5)c(F)cc4c2=O)OC[C@@H]3C)cc1. The second kappa shape index (κ2) is 9.27. The van der Waals surface area contributed by atoms with Gasteiger partial charge in [0.15, 0.2) is 11.6 Å². The molecular weight excluding hydrogens is 465 g/mol. The molecule has 3 heterocycles. The van der Waals surface area contributed by atoms with Crippen LogP contribution < -0.4 is 25.7 Å². The third-order valence-corrected chi connectivity index (χ3v) is 6.84. The second-order valence-corrected chi connectivity index (χ2v) is 9.27. The first-order chi connectivity index (χ1) is 17.3. The monoisotopic (exact) mass is 493 g/mol. The number of likely N-dealkylation sites (N-methyl/N-ethyl adjacent to an activating group) is 1. The number of hydrogen-bond acceptors (Lipinski definition) is 6. The fourth-order valence-corrected chi connectivity index (χ4v) is 4.75. The topological polar surface area (TPSA) is 95.9 Å². The van der Waals surface area contributed by atoms with Crippen LogP contribution in [0.2, 0.25) is 0 Å². The Morgan fingerprint density at radius 1 is 1.08 bits per heavy atom. The number of piperazine rings is 1. The van der Waals surface area contributed by atoms with E-state index in [4.69, 9.17) is 4.74 Å². The van der Waals surface area contributed by atoms with Gasteiger partial charge in [-0.15, -0.1) is 0 Å². The molecular formula is C26H28FN5O4. The number of halogens is 1. The Bertz CT molecular complexity index is 1410. The van der Waals surface area contributed by atoms with Gasteiger partial charge in [0, 0.05) is 50.7 Å². The van der Waals surface area contributed by atoms with E-state index in [9.17, 15) is 14.4 Å². The molecule has 188 valence electrons. The second-order valence-electron chi connectivity index (χ2n) is 9.27.